The molecule has 0 unspecified atom stereocenters. The third-order valence-electron chi connectivity index (χ3n) is 1.94. The summed E-state index contributed by atoms with van der Waals surface area (Å²) >= 11 is 0. The van der Waals surface area contributed by atoms with Gasteiger partial charge >= 0.3 is 7.94 Å². The van der Waals surface area contributed by atoms with Gasteiger partial charge < -0.3 is 0 Å². The number of benzene rings is 1. The topological polar surface area (TPSA) is 60.7 Å². The zero-order chi connectivity index (χ0) is 10.2. The van der Waals surface area contributed by atoms with Crippen LogP contribution in [0.15, 0.2) is 12.1 Å². The summed E-state index contributed by atoms with van der Waals surface area (Å²) in [5.74, 6) is 0. The molecule has 0 aliphatic rings. The maximum absolute atomic E-state index is 9.16. The molecule has 0 aliphatic heterocycles. The highest BCUT2D eigenvalue weighted by molar-refractivity contribution is 7.67. The second-order valence-corrected chi connectivity index (χ2v) is 4.90. The van der Waals surface area contributed by atoms with Crippen LogP contribution in [0.2, 0.25) is 0 Å². The van der Waals surface area contributed by atoms with Gasteiger partial charge in [0.1, 0.15) is 0 Å². The normalized spacial score (nSPS) is 11.8. The van der Waals surface area contributed by atoms with E-state index in [4.69, 9.17) is 14.7 Å². The van der Waals surface area contributed by atoms with Gasteiger partial charge in [0.2, 0.25) is 0 Å². The molecule has 0 aliphatic carbocycles. The van der Waals surface area contributed by atoms with Crippen molar-refractivity contribution in [1.82, 2.24) is 0 Å². The lowest BCUT2D eigenvalue weighted by molar-refractivity contribution is 0.346. The highest BCUT2D eigenvalue weighted by Crippen LogP contribution is 2.45. The fourth-order valence-electron chi connectivity index (χ4n) is 1.65. The van der Waals surface area contributed by atoms with E-state index in [2.05, 4.69) is 0 Å². The highest BCUT2D eigenvalue weighted by Gasteiger charge is 2.37. The number of rotatable bonds is 1. The van der Waals surface area contributed by atoms with Gasteiger partial charge in [-0.25, -0.2) is 0 Å². The summed E-state index contributed by atoms with van der Waals surface area (Å²) in [4.78, 5) is 27.5. The highest BCUT2D eigenvalue weighted by atomic mass is 31.2. The predicted molar refractivity (Wildman–Crippen MR) is 53.9 cm³/mol. The number of hydrogen-bond donors (Lipinski definition) is 3. The van der Waals surface area contributed by atoms with E-state index in [9.17, 15) is 0 Å². The van der Waals surface area contributed by atoms with E-state index >= 15 is 0 Å². The molecule has 0 spiro atoms. The van der Waals surface area contributed by atoms with Gasteiger partial charge in [-0.2, -0.15) is 14.7 Å². The Morgan fingerprint density at radius 2 is 1.31 bits per heavy atom. The van der Waals surface area contributed by atoms with Gasteiger partial charge in [0.05, 0.1) is 0 Å². The molecule has 1 rings (SSSR count). The zero-order valence-electron chi connectivity index (χ0n) is 7.94. The van der Waals surface area contributed by atoms with Crippen LogP contribution in [0.3, 0.4) is 0 Å². The molecular weight excluding hydrogens is 187 g/mol. The van der Waals surface area contributed by atoms with Crippen molar-refractivity contribution < 1.29 is 14.7 Å². The quantitative estimate of drug-likeness (QED) is 0.593. The number of aryl methyl sites for hydroxylation is 3. The molecule has 3 nitrogen and oxygen atoms in total. The average Bonchev–Trinajstić information content (AvgIpc) is 1.78. The van der Waals surface area contributed by atoms with E-state index in [0.29, 0.717) is 0 Å². The lowest BCUT2D eigenvalue weighted by Gasteiger charge is -2.10. The van der Waals surface area contributed by atoms with Crippen molar-refractivity contribution in [3.05, 3.63) is 28.8 Å². The van der Waals surface area contributed by atoms with Gasteiger partial charge in [0.25, 0.3) is 0 Å². The number of hydrogen-bond acceptors (Lipinski definition) is 3. The fourth-order valence-corrected chi connectivity index (χ4v) is 2.72. The first-order valence-corrected chi connectivity index (χ1v) is 5.63. The Morgan fingerprint density at radius 3 is 1.62 bits per heavy atom. The second kappa shape index (κ2) is 3.35. The molecule has 1 aromatic rings. The summed E-state index contributed by atoms with van der Waals surface area (Å²) in [5, 5.41) is 0.276. The summed E-state index contributed by atoms with van der Waals surface area (Å²) in [6.07, 6.45) is 0. The second-order valence-electron chi connectivity index (χ2n) is 3.32. The van der Waals surface area contributed by atoms with Gasteiger partial charge in [-0.3, -0.25) is 0 Å². The van der Waals surface area contributed by atoms with Crippen LogP contribution < -0.4 is 5.30 Å². The standard InChI is InChI=1S/C9H14O3P/c1-6-4-7(2)9(8(3)5-6)13(10,11)12/h4-5,10-12H,1-3H3/q+1. The first kappa shape index (κ1) is 10.6. The molecule has 0 bridgehead atoms. The first-order chi connectivity index (χ1) is 5.82. The van der Waals surface area contributed by atoms with Crippen LogP contribution in [-0.2, 0) is 0 Å². The molecule has 0 aromatic heterocycles. The fraction of sp³-hybridized carbons (Fsp3) is 0.333. The van der Waals surface area contributed by atoms with Gasteiger partial charge in [0.15, 0.2) is 5.30 Å². The predicted octanol–water partition coefficient (Wildman–Crippen LogP) is 0.977. The minimum Gasteiger partial charge on any atom is -0.189 e. The molecule has 0 saturated heterocycles. The Balaban J connectivity index is 3.38. The molecule has 4 heteroatoms. The van der Waals surface area contributed by atoms with Crippen molar-refractivity contribution >= 4 is 13.2 Å². The summed E-state index contributed by atoms with van der Waals surface area (Å²) in [6.45, 7) is 5.44. The average molecular weight is 201 g/mol. The van der Waals surface area contributed by atoms with Crippen LogP contribution in [-0.4, -0.2) is 14.7 Å². The van der Waals surface area contributed by atoms with Crippen molar-refractivity contribution in [2.75, 3.05) is 0 Å². The first-order valence-electron chi connectivity index (χ1n) is 3.98. The molecule has 0 atom stereocenters. The van der Waals surface area contributed by atoms with E-state index in [1.165, 1.54) is 0 Å². The van der Waals surface area contributed by atoms with E-state index in [1.807, 2.05) is 19.1 Å². The monoisotopic (exact) mass is 201 g/mol. The van der Waals surface area contributed by atoms with Gasteiger partial charge in [-0.15, -0.1) is 0 Å². The van der Waals surface area contributed by atoms with Crippen molar-refractivity contribution in [3.63, 3.8) is 0 Å². The Bertz CT molecular complexity index is 305. The van der Waals surface area contributed by atoms with Crippen LogP contribution >= 0.6 is 7.94 Å². The Labute approximate surface area is 78.3 Å². The molecule has 0 radical (unpaired) electrons. The van der Waals surface area contributed by atoms with Crippen LogP contribution in [0.1, 0.15) is 16.7 Å². The molecule has 0 amide bonds. The third kappa shape index (κ3) is 2.26. The molecule has 13 heavy (non-hydrogen) atoms. The van der Waals surface area contributed by atoms with Crippen LogP contribution in [0, 0.1) is 20.8 Å². The Kier molecular flexibility index (Phi) is 2.74. The van der Waals surface area contributed by atoms with E-state index in [-0.39, 0.29) is 5.30 Å². The van der Waals surface area contributed by atoms with Crippen molar-refractivity contribution in [3.8, 4) is 0 Å². The SMILES string of the molecule is Cc1cc(C)c([P+](O)(O)O)c(C)c1. The zero-order valence-corrected chi connectivity index (χ0v) is 8.84. The molecule has 72 valence electrons. The molecule has 1 aromatic carbocycles. The van der Waals surface area contributed by atoms with Crippen LogP contribution in [0.5, 0.6) is 0 Å². The molecule has 3 N–H and O–H groups in total. The maximum Gasteiger partial charge on any atom is 0.441 e. The summed E-state index contributed by atoms with van der Waals surface area (Å²) in [5.41, 5.74) is 2.49. The third-order valence-corrected chi connectivity index (χ3v) is 3.24. The van der Waals surface area contributed by atoms with E-state index in [0.717, 1.165) is 16.7 Å². The minimum absolute atomic E-state index is 0.276. The van der Waals surface area contributed by atoms with Crippen molar-refractivity contribution in [1.29, 1.82) is 0 Å². The largest absolute Gasteiger partial charge is 0.441 e. The lowest BCUT2D eigenvalue weighted by Crippen LogP contribution is -2.17. The smallest absolute Gasteiger partial charge is 0.189 e. The van der Waals surface area contributed by atoms with Crippen LogP contribution in [0.25, 0.3) is 0 Å². The lowest BCUT2D eigenvalue weighted by atomic mass is 10.1. The van der Waals surface area contributed by atoms with Gasteiger partial charge in [0, 0.05) is 11.1 Å². The summed E-state index contributed by atoms with van der Waals surface area (Å²) in [7, 11) is -3.86. The van der Waals surface area contributed by atoms with Crippen molar-refractivity contribution in [2.45, 2.75) is 20.8 Å². The van der Waals surface area contributed by atoms with Crippen molar-refractivity contribution in [2.24, 2.45) is 0 Å². The Hall–Kier alpha value is -0.470. The van der Waals surface area contributed by atoms with Gasteiger partial charge in [-0.1, -0.05) is 17.7 Å². The molecule has 0 fully saturated rings. The molecule has 0 heterocycles. The minimum atomic E-state index is -3.86. The van der Waals surface area contributed by atoms with Crippen LogP contribution in [0.4, 0.5) is 0 Å². The summed E-state index contributed by atoms with van der Waals surface area (Å²) < 4.78 is 0. The molecule has 0 saturated carbocycles. The Morgan fingerprint density at radius 1 is 0.923 bits per heavy atom. The van der Waals surface area contributed by atoms with E-state index in [1.54, 1.807) is 13.8 Å². The molecular formula is C9H14O3P+. The van der Waals surface area contributed by atoms with E-state index < -0.39 is 7.94 Å². The maximum atomic E-state index is 9.16. The van der Waals surface area contributed by atoms with Gasteiger partial charge in [-0.05, 0) is 20.8 Å². The summed E-state index contributed by atoms with van der Waals surface area (Å²) in [6, 6.07) is 3.64.